The van der Waals surface area contributed by atoms with Crippen molar-refractivity contribution in [3.63, 3.8) is 0 Å². The Morgan fingerprint density at radius 2 is 1.86 bits per heavy atom. The molecule has 1 aliphatic carbocycles. The van der Waals surface area contributed by atoms with Gasteiger partial charge in [0.05, 0.1) is 22.6 Å². The Kier molecular flexibility index (Phi) is 6.97. The smallest absolute Gasteiger partial charge is 0.265 e. The lowest BCUT2D eigenvalue weighted by Gasteiger charge is -2.19. The van der Waals surface area contributed by atoms with Gasteiger partial charge in [-0.15, -0.1) is 11.3 Å². The number of hydrogen-bond acceptors (Lipinski definition) is 5. The van der Waals surface area contributed by atoms with E-state index in [4.69, 9.17) is 4.74 Å². The molecule has 1 aromatic carbocycles. The van der Waals surface area contributed by atoms with Crippen molar-refractivity contribution in [2.45, 2.75) is 50.8 Å². The van der Waals surface area contributed by atoms with Crippen molar-refractivity contribution in [1.82, 2.24) is 4.31 Å². The summed E-state index contributed by atoms with van der Waals surface area (Å²) >= 11 is 1.53. The summed E-state index contributed by atoms with van der Waals surface area (Å²) in [5.41, 5.74) is 1.62. The number of thiophene rings is 1. The zero-order valence-corrected chi connectivity index (χ0v) is 18.8. The van der Waals surface area contributed by atoms with Crippen LogP contribution in [-0.2, 0) is 22.9 Å². The third-order valence-electron chi connectivity index (χ3n) is 5.23. The van der Waals surface area contributed by atoms with Crippen LogP contribution in [0.25, 0.3) is 0 Å². The number of amides is 1. The first kappa shape index (κ1) is 21.8. The van der Waals surface area contributed by atoms with Crippen LogP contribution in [0.15, 0.2) is 29.2 Å². The Balaban J connectivity index is 1.89. The summed E-state index contributed by atoms with van der Waals surface area (Å²) in [6, 6.07) is 6.54. The number of nitrogens with zero attached hydrogens (tertiary/aromatic N) is 1. The monoisotopic (exact) mass is 436 g/mol. The number of carbonyl (C=O) groups excluding carboxylic acids is 1. The zero-order chi connectivity index (χ0) is 21.0. The minimum atomic E-state index is -3.63. The van der Waals surface area contributed by atoms with Gasteiger partial charge in [-0.05, 0) is 55.5 Å². The number of benzene rings is 1. The number of sulfonamides is 1. The van der Waals surface area contributed by atoms with E-state index in [0.29, 0.717) is 29.4 Å². The Morgan fingerprint density at radius 3 is 2.55 bits per heavy atom. The van der Waals surface area contributed by atoms with Gasteiger partial charge in [0.25, 0.3) is 5.91 Å². The number of aryl methyl sites for hydroxylation is 2. The minimum absolute atomic E-state index is 0.138. The first-order valence-electron chi connectivity index (χ1n) is 10.0. The second-order valence-corrected chi connectivity index (χ2v) is 10.1. The van der Waals surface area contributed by atoms with Crippen molar-refractivity contribution in [2.75, 3.05) is 25.5 Å². The highest BCUT2D eigenvalue weighted by Gasteiger charge is 2.24. The van der Waals surface area contributed by atoms with Crippen LogP contribution in [0.4, 0.5) is 5.69 Å². The van der Waals surface area contributed by atoms with Crippen molar-refractivity contribution in [3.05, 3.63) is 39.6 Å². The maximum Gasteiger partial charge on any atom is 0.265 e. The molecule has 0 unspecified atom stereocenters. The highest BCUT2D eigenvalue weighted by molar-refractivity contribution is 7.89. The van der Waals surface area contributed by atoms with Crippen LogP contribution in [0.2, 0.25) is 0 Å². The Bertz CT molecular complexity index is 955. The number of rotatable bonds is 7. The van der Waals surface area contributed by atoms with Gasteiger partial charge in [-0.2, -0.15) is 4.31 Å². The summed E-state index contributed by atoms with van der Waals surface area (Å²) in [6.45, 7) is 4.36. The van der Waals surface area contributed by atoms with Crippen LogP contribution in [0.3, 0.4) is 0 Å². The third kappa shape index (κ3) is 4.65. The van der Waals surface area contributed by atoms with Gasteiger partial charge in [-0.1, -0.05) is 20.3 Å². The van der Waals surface area contributed by atoms with Crippen LogP contribution >= 0.6 is 11.3 Å². The molecule has 29 heavy (non-hydrogen) atoms. The molecule has 0 bridgehead atoms. The van der Waals surface area contributed by atoms with Crippen molar-refractivity contribution in [2.24, 2.45) is 0 Å². The maximum atomic E-state index is 12.9. The van der Waals surface area contributed by atoms with Crippen LogP contribution in [0.1, 0.15) is 53.2 Å². The lowest BCUT2D eigenvalue weighted by Crippen LogP contribution is -2.30. The Morgan fingerprint density at radius 1 is 1.14 bits per heavy atom. The van der Waals surface area contributed by atoms with E-state index in [1.807, 2.05) is 6.07 Å². The normalized spacial score (nSPS) is 14.3. The number of anilines is 1. The fourth-order valence-electron chi connectivity index (χ4n) is 3.62. The molecule has 1 aromatic heterocycles. The molecule has 0 spiro atoms. The molecule has 2 aromatic rings. The lowest BCUT2D eigenvalue weighted by molar-refractivity contribution is 0.103. The number of hydrogen-bond donors (Lipinski definition) is 1. The van der Waals surface area contributed by atoms with E-state index in [-0.39, 0.29) is 10.8 Å². The van der Waals surface area contributed by atoms with Gasteiger partial charge in [-0.25, -0.2) is 8.42 Å². The molecule has 1 N–H and O–H groups in total. The maximum absolute atomic E-state index is 12.9. The average Bonchev–Trinajstić information content (AvgIpc) is 2.99. The van der Waals surface area contributed by atoms with E-state index in [0.717, 1.165) is 25.7 Å². The Labute approximate surface area is 176 Å². The molecule has 1 amide bonds. The van der Waals surface area contributed by atoms with Gasteiger partial charge < -0.3 is 10.1 Å². The van der Waals surface area contributed by atoms with Gasteiger partial charge in [-0.3, -0.25) is 4.79 Å². The first-order chi connectivity index (χ1) is 13.9. The summed E-state index contributed by atoms with van der Waals surface area (Å²) in [5, 5.41) is 2.85. The summed E-state index contributed by atoms with van der Waals surface area (Å²) < 4.78 is 32.4. The standard InChI is InChI=1S/C21H28N2O4S2/c1-4-23(5-2)29(25,26)16-11-12-18(27-3)17(14-16)22-21(24)20-13-15-9-7-6-8-10-19(15)28-20/h11-14H,4-10H2,1-3H3,(H,22,24). The van der Waals surface area contributed by atoms with Gasteiger partial charge in [0.2, 0.25) is 10.0 Å². The van der Waals surface area contributed by atoms with Crippen LogP contribution in [-0.4, -0.2) is 38.8 Å². The van der Waals surface area contributed by atoms with E-state index in [1.165, 1.54) is 51.7 Å². The molecular formula is C21H28N2O4S2. The number of fused-ring (bicyclic) bond motifs is 1. The van der Waals surface area contributed by atoms with E-state index in [2.05, 4.69) is 5.32 Å². The lowest BCUT2D eigenvalue weighted by atomic mass is 10.1. The van der Waals surface area contributed by atoms with Crippen molar-refractivity contribution in [1.29, 1.82) is 0 Å². The molecule has 1 aliphatic rings. The summed E-state index contributed by atoms with van der Waals surface area (Å²) in [5.74, 6) is 0.189. The first-order valence-corrected chi connectivity index (χ1v) is 12.3. The van der Waals surface area contributed by atoms with Gasteiger partial charge in [0, 0.05) is 18.0 Å². The molecule has 0 aliphatic heterocycles. The second kappa shape index (κ2) is 9.28. The van der Waals surface area contributed by atoms with Crippen LogP contribution < -0.4 is 10.1 Å². The highest BCUT2D eigenvalue weighted by Crippen LogP contribution is 2.32. The average molecular weight is 437 g/mol. The predicted molar refractivity (Wildman–Crippen MR) is 117 cm³/mol. The summed E-state index contributed by atoms with van der Waals surface area (Å²) in [4.78, 5) is 15.0. The molecule has 0 fully saturated rings. The van der Waals surface area contributed by atoms with Gasteiger partial charge >= 0.3 is 0 Å². The molecule has 0 radical (unpaired) electrons. The van der Waals surface area contributed by atoms with Crippen molar-refractivity contribution >= 4 is 33.0 Å². The predicted octanol–water partition coefficient (Wildman–Crippen LogP) is 4.31. The molecule has 0 atom stereocenters. The molecule has 1 heterocycles. The molecule has 8 heteroatoms. The highest BCUT2D eigenvalue weighted by atomic mass is 32.2. The van der Waals surface area contributed by atoms with E-state index in [1.54, 1.807) is 19.9 Å². The number of ether oxygens (including phenoxy) is 1. The van der Waals surface area contributed by atoms with Crippen molar-refractivity contribution in [3.8, 4) is 5.75 Å². The van der Waals surface area contributed by atoms with E-state index < -0.39 is 10.0 Å². The molecule has 3 rings (SSSR count). The molecule has 158 valence electrons. The second-order valence-electron chi connectivity index (χ2n) is 7.03. The van der Waals surface area contributed by atoms with E-state index >= 15 is 0 Å². The molecule has 6 nitrogen and oxygen atoms in total. The fourth-order valence-corrected chi connectivity index (χ4v) is 6.25. The SMILES string of the molecule is CCN(CC)S(=O)(=O)c1ccc(OC)c(NC(=O)c2cc3c(s2)CCCCC3)c1. The Hall–Kier alpha value is -1.90. The van der Waals surface area contributed by atoms with Gasteiger partial charge in [0.15, 0.2) is 0 Å². The quantitative estimate of drug-likeness (QED) is 0.656. The van der Waals surface area contributed by atoms with Gasteiger partial charge in [0.1, 0.15) is 5.75 Å². The molecule has 0 saturated heterocycles. The fraction of sp³-hybridized carbons (Fsp3) is 0.476. The third-order valence-corrected chi connectivity index (χ3v) is 8.51. The van der Waals surface area contributed by atoms with Crippen LogP contribution in [0.5, 0.6) is 5.75 Å². The minimum Gasteiger partial charge on any atom is -0.495 e. The van der Waals surface area contributed by atoms with Crippen molar-refractivity contribution < 1.29 is 17.9 Å². The molecular weight excluding hydrogens is 408 g/mol. The molecule has 0 saturated carbocycles. The topological polar surface area (TPSA) is 75.7 Å². The number of carbonyl (C=O) groups is 1. The summed E-state index contributed by atoms with van der Waals surface area (Å²) in [7, 11) is -2.13. The van der Waals surface area contributed by atoms with Crippen LogP contribution in [0, 0.1) is 0 Å². The number of methoxy groups -OCH3 is 1. The van der Waals surface area contributed by atoms with E-state index in [9.17, 15) is 13.2 Å². The zero-order valence-electron chi connectivity index (χ0n) is 17.2. The summed E-state index contributed by atoms with van der Waals surface area (Å²) in [6.07, 6.45) is 5.58. The largest absolute Gasteiger partial charge is 0.495 e. The number of nitrogens with one attached hydrogen (secondary N) is 1.